The molecule has 18 heavy (non-hydrogen) atoms. The Morgan fingerprint density at radius 3 is 2.89 bits per heavy atom. The highest BCUT2D eigenvalue weighted by Gasteiger charge is 2.42. The van der Waals surface area contributed by atoms with Gasteiger partial charge in [-0.2, -0.15) is 0 Å². The summed E-state index contributed by atoms with van der Waals surface area (Å²) < 4.78 is 1.44. The highest BCUT2D eigenvalue weighted by atomic mass is 32.1. The van der Waals surface area contributed by atoms with Crippen LogP contribution in [0, 0.1) is 5.41 Å². The fourth-order valence-electron chi connectivity index (χ4n) is 2.70. The molecule has 2 heteroatoms. The minimum absolute atomic E-state index is 0.568. The Morgan fingerprint density at radius 2 is 2.11 bits per heavy atom. The molecule has 0 radical (unpaired) electrons. The number of rotatable bonds is 6. The van der Waals surface area contributed by atoms with Gasteiger partial charge in [-0.3, -0.25) is 0 Å². The first kappa shape index (κ1) is 12.2. The van der Waals surface area contributed by atoms with Crippen LogP contribution in [-0.4, -0.2) is 13.1 Å². The van der Waals surface area contributed by atoms with E-state index in [1.807, 2.05) is 11.3 Å². The summed E-state index contributed by atoms with van der Waals surface area (Å²) in [6.45, 7) is 4.59. The largest absolute Gasteiger partial charge is 0.316 e. The second-order valence-corrected chi connectivity index (χ2v) is 6.52. The van der Waals surface area contributed by atoms with Crippen molar-refractivity contribution in [3.05, 3.63) is 35.2 Å². The molecule has 0 bridgehead atoms. The number of nitrogens with one attached hydrogen (secondary N) is 1. The lowest BCUT2D eigenvalue weighted by Crippen LogP contribution is -2.26. The molecule has 1 aliphatic carbocycles. The third-order valence-corrected chi connectivity index (χ3v) is 5.02. The van der Waals surface area contributed by atoms with Crippen molar-refractivity contribution in [1.82, 2.24) is 5.32 Å². The molecule has 1 aromatic heterocycles. The molecule has 0 amide bonds. The van der Waals surface area contributed by atoms with Gasteiger partial charge >= 0.3 is 0 Å². The molecule has 1 N–H and O–H groups in total. The Hall–Kier alpha value is -0.860. The summed E-state index contributed by atoms with van der Waals surface area (Å²) in [5, 5.41) is 7.44. The summed E-state index contributed by atoms with van der Waals surface area (Å²) in [6, 6.07) is 8.81. The van der Waals surface area contributed by atoms with Crippen LogP contribution in [0.4, 0.5) is 0 Å². The van der Waals surface area contributed by atoms with Crippen LogP contribution in [0.3, 0.4) is 0 Å². The maximum Gasteiger partial charge on any atom is 0.0345 e. The van der Waals surface area contributed by atoms with Crippen LogP contribution < -0.4 is 5.32 Å². The standard InChI is InChI=1S/C16H21NS/c1-2-9-17-12-16(7-8-16)10-13-11-18-15-6-4-3-5-14(13)15/h3-6,11,17H,2,7-10,12H2,1H3. The molecule has 0 saturated heterocycles. The van der Waals surface area contributed by atoms with Crippen LogP contribution in [0.15, 0.2) is 29.6 Å². The predicted octanol–water partition coefficient (Wildman–Crippen LogP) is 4.22. The highest BCUT2D eigenvalue weighted by molar-refractivity contribution is 7.17. The molecule has 3 rings (SSSR count). The number of fused-ring (bicyclic) bond motifs is 1. The van der Waals surface area contributed by atoms with Gasteiger partial charge in [0.1, 0.15) is 0 Å². The van der Waals surface area contributed by atoms with E-state index in [-0.39, 0.29) is 0 Å². The van der Waals surface area contributed by atoms with Gasteiger partial charge in [-0.25, -0.2) is 0 Å². The van der Waals surface area contributed by atoms with E-state index in [2.05, 4.69) is 41.9 Å². The molecular formula is C16H21NS. The lowest BCUT2D eigenvalue weighted by atomic mass is 9.96. The zero-order chi connectivity index (χ0) is 12.4. The van der Waals surface area contributed by atoms with Crippen molar-refractivity contribution < 1.29 is 0 Å². The van der Waals surface area contributed by atoms with Crippen molar-refractivity contribution in [1.29, 1.82) is 0 Å². The summed E-state index contributed by atoms with van der Waals surface area (Å²) >= 11 is 1.89. The van der Waals surface area contributed by atoms with Crippen LogP contribution in [0.1, 0.15) is 31.7 Å². The number of thiophene rings is 1. The fourth-order valence-corrected chi connectivity index (χ4v) is 3.66. The number of benzene rings is 1. The van der Waals surface area contributed by atoms with E-state index < -0.39 is 0 Å². The predicted molar refractivity (Wildman–Crippen MR) is 80.4 cm³/mol. The van der Waals surface area contributed by atoms with E-state index in [9.17, 15) is 0 Å². The van der Waals surface area contributed by atoms with E-state index in [0.717, 1.165) is 6.54 Å². The van der Waals surface area contributed by atoms with E-state index in [1.54, 1.807) is 5.56 Å². The van der Waals surface area contributed by atoms with E-state index >= 15 is 0 Å². The van der Waals surface area contributed by atoms with Crippen molar-refractivity contribution in [3.63, 3.8) is 0 Å². The SMILES string of the molecule is CCCNCC1(Cc2csc3ccccc23)CC1. The molecule has 1 nitrogen and oxygen atoms in total. The zero-order valence-corrected chi connectivity index (χ0v) is 11.9. The maximum atomic E-state index is 3.60. The van der Waals surface area contributed by atoms with Crippen molar-refractivity contribution >= 4 is 21.4 Å². The van der Waals surface area contributed by atoms with Crippen LogP contribution in [0.2, 0.25) is 0 Å². The van der Waals surface area contributed by atoms with E-state index in [4.69, 9.17) is 0 Å². The van der Waals surface area contributed by atoms with Gasteiger partial charge < -0.3 is 5.32 Å². The van der Waals surface area contributed by atoms with Gasteiger partial charge in [-0.1, -0.05) is 25.1 Å². The van der Waals surface area contributed by atoms with Crippen molar-refractivity contribution in [3.8, 4) is 0 Å². The van der Waals surface area contributed by atoms with Crippen molar-refractivity contribution in [2.75, 3.05) is 13.1 Å². The molecule has 1 fully saturated rings. The quantitative estimate of drug-likeness (QED) is 0.766. The Balaban J connectivity index is 1.72. The van der Waals surface area contributed by atoms with E-state index in [1.165, 1.54) is 42.3 Å². The molecule has 0 atom stereocenters. The lowest BCUT2D eigenvalue weighted by Gasteiger charge is -2.15. The van der Waals surface area contributed by atoms with Gasteiger partial charge in [-0.05, 0) is 60.0 Å². The number of hydrogen-bond acceptors (Lipinski definition) is 2. The molecule has 0 unspecified atom stereocenters. The number of hydrogen-bond donors (Lipinski definition) is 1. The van der Waals surface area contributed by atoms with E-state index in [0.29, 0.717) is 5.41 Å². The lowest BCUT2D eigenvalue weighted by molar-refractivity contribution is 0.457. The molecule has 96 valence electrons. The van der Waals surface area contributed by atoms with Gasteiger partial charge in [0.05, 0.1) is 0 Å². The summed E-state index contributed by atoms with van der Waals surface area (Å²) in [4.78, 5) is 0. The molecule has 0 spiro atoms. The van der Waals surface area contributed by atoms with Gasteiger partial charge in [0.15, 0.2) is 0 Å². The molecule has 0 aliphatic heterocycles. The summed E-state index contributed by atoms with van der Waals surface area (Å²) in [5.41, 5.74) is 2.13. The Kier molecular flexibility index (Phi) is 3.40. The topological polar surface area (TPSA) is 12.0 Å². The average Bonchev–Trinajstić information content (AvgIpc) is 3.04. The van der Waals surface area contributed by atoms with Crippen LogP contribution in [0.5, 0.6) is 0 Å². The minimum atomic E-state index is 0.568. The molecule has 2 aromatic rings. The van der Waals surface area contributed by atoms with Crippen LogP contribution >= 0.6 is 11.3 Å². The molecule has 1 heterocycles. The van der Waals surface area contributed by atoms with Gasteiger partial charge in [0, 0.05) is 11.2 Å². The molecule has 1 aliphatic rings. The normalized spacial score (nSPS) is 17.2. The Morgan fingerprint density at radius 1 is 1.28 bits per heavy atom. The smallest absolute Gasteiger partial charge is 0.0345 e. The van der Waals surface area contributed by atoms with Crippen LogP contribution in [0.25, 0.3) is 10.1 Å². The minimum Gasteiger partial charge on any atom is -0.316 e. The zero-order valence-electron chi connectivity index (χ0n) is 11.0. The first-order chi connectivity index (χ1) is 8.83. The first-order valence-electron chi connectivity index (χ1n) is 6.99. The monoisotopic (exact) mass is 259 g/mol. The van der Waals surface area contributed by atoms with Crippen molar-refractivity contribution in [2.45, 2.75) is 32.6 Å². The summed E-state index contributed by atoms with van der Waals surface area (Å²) in [7, 11) is 0. The third-order valence-electron chi connectivity index (χ3n) is 4.01. The second kappa shape index (κ2) is 5.02. The summed E-state index contributed by atoms with van der Waals surface area (Å²) in [5.74, 6) is 0. The second-order valence-electron chi connectivity index (χ2n) is 5.61. The molecular weight excluding hydrogens is 238 g/mol. The Bertz CT molecular complexity index is 525. The van der Waals surface area contributed by atoms with Gasteiger partial charge in [-0.15, -0.1) is 11.3 Å². The van der Waals surface area contributed by atoms with Gasteiger partial charge in [0.2, 0.25) is 0 Å². The fraction of sp³-hybridized carbons (Fsp3) is 0.500. The average molecular weight is 259 g/mol. The summed E-state index contributed by atoms with van der Waals surface area (Å²) in [6.07, 6.45) is 5.28. The molecule has 1 aromatic carbocycles. The maximum absolute atomic E-state index is 3.60. The molecule has 1 saturated carbocycles. The third kappa shape index (κ3) is 2.45. The Labute approximate surface area is 113 Å². The first-order valence-corrected chi connectivity index (χ1v) is 7.87. The highest BCUT2D eigenvalue weighted by Crippen LogP contribution is 2.49. The van der Waals surface area contributed by atoms with Crippen LogP contribution in [-0.2, 0) is 6.42 Å². The van der Waals surface area contributed by atoms with Gasteiger partial charge in [0.25, 0.3) is 0 Å². The van der Waals surface area contributed by atoms with Crippen molar-refractivity contribution in [2.24, 2.45) is 5.41 Å².